The quantitative estimate of drug-likeness (QED) is 0.440. The summed E-state index contributed by atoms with van der Waals surface area (Å²) >= 11 is 0. The number of nitrogens with zero attached hydrogens (tertiary/aromatic N) is 1. The third-order valence-corrected chi connectivity index (χ3v) is 1.55. The molecule has 0 bridgehead atoms. The van der Waals surface area contributed by atoms with Crippen LogP contribution in [0.3, 0.4) is 0 Å². The molecular formula is C11H21N. The van der Waals surface area contributed by atoms with Gasteiger partial charge in [-0.05, 0) is 31.9 Å². The fourth-order valence-corrected chi connectivity index (χ4v) is 0.627. The van der Waals surface area contributed by atoms with Gasteiger partial charge < -0.3 is 0 Å². The number of rotatable bonds is 2. The third-order valence-electron chi connectivity index (χ3n) is 1.55. The molecule has 0 amide bonds. The van der Waals surface area contributed by atoms with E-state index in [0.717, 1.165) is 5.57 Å². The van der Waals surface area contributed by atoms with Crippen LogP contribution >= 0.6 is 0 Å². The van der Waals surface area contributed by atoms with Crippen LogP contribution in [0.5, 0.6) is 0 Å². The fourth-order valence-electron chi connectivity index (χ4n) is 0.627. The van der Waals surface area contributed by atoms with Crippen molar-refractivity contribution in [2.75, 3.05) is 7.05 Å². The van der Waals surface area contributed by atoms with E-state index in [0.29, 0.717) is 0 Å². The van der Waals surface area contributed by atoms with E-state index in [1.807, 2.05) is 33.9 Å². The average molecular weight is 167 g/mol. The first-order chi connectivity index (χ1) is 5.59. The summed E-state index contributed by atoms with van der Waals surface area (Å²) in [6.07, 6.45) is 1.85. The predicted octanol–water partition coefficient (Wildman–Crippen LogP) is 3.63. The molecule has 0 saturated heterocycles. The van der Waals surface area contributed by atoms with E-state index in [1.54, 1.807) is 7.05 Å². The zero-order valence-corrected chi connectivity index (χ0v) is 9.23. The summed E-state index contributed by atoms with van der Waals surface area (Å²) in [4.78, 5) is 3.92. The van der Waals surface area contributed by atoms with Crippen LogP contribution in [-0.4, -0.2) is 13.3 Å². The SMILES string of the molecule is C=C(C)/C(C)=C(/C)C=NC.CC. The first-order valence-electron chi connectivity index (χ1n) is 4.35. The summed E-state index contributed by atoms with van der Waals surface area (Å²) in [6, 6.07) is 0. The second-order valence-electron chi connectivity index (χ2n) is 2.48. The topological polar surface area (TPSA) is 12.4 Å². The largest absolute Gasteiger partial charge is 0.296 e. The van der Waals surface area contributed by atoms with Crippen molar-refractivity contribution in [3.8, 4) is 0 Å². The van der Waals surface area contributed by atoms with Gasteiger partial charge in [-0.3, -0.25) is 4.99 Å². The third kappa shape index (κ3) is 5.90. The molecule has 0 aromatic carbocycles. The average Bonchev–Trinajstić information content (AvgIpc) is 2.07. The van der Waals surface area contributed by atoms with Gasteiger partial charge in [0.2, 0.25) is 0 Å². The maximum absolute atomic E-state index is 3.92. The van der Waals surface area contributed by atoms with Gasteiger partial charge >= 0.3 is 0 Å². The molecule has 0 aromatic heterocycles. The minimum atomic E-state index is 1.11. The molecule has 0 saturated carbocycles. The summed E-state index contributed by atoms with van der Waals surface area (Å²) in [5.74, 6) is 0. The van der Waals surface area contributed by atoms with E-state index in [2.05, 4.69) is 18.5 Å². The zero-order chi connectivity index (χ0) is 10.1. The van der Waals surface area contributed by atoms with Crippen LogP contribution in [0.2, 0.25) is 0 Å². The molecule has 0 aromatic rings. The Hall–Kier alpha value is -0.850. The van der Waals surface area contributed by atoms with Crippen LogP contribution in [0.4, 0.5) is 0 Å². The Morgan fingerprint density at radius 3 is 1.83 bits per heavy atom. The molecule has 0 unspecified atom stereocenters. The van der Waals surface area contributed by atoms with Gasteiger partial charge in [0.25, 0.3) is 0 Å². The molecule has 0 rings (SSSR count). The van der Waals surface area contributed by atoms with Crippen LogP contribution in [-0.2, 0) is 0 Å². The zero-order valence-electron chi connectivity index (χ0n) is 9.23. The summed E-state index contributed by atoms with van der Waals surface area (Å²) in [5, 5.41) is 0. The van der Waals surface area contributed by atoms with Crippen molar-refractivity contribution >= 4 is 6.21 Å². The predicted molar refractivity (Wildman–Crippen MR) is 59.0 cm³/mol. The molecule has 0 atom stereocenters. The maximum atomic E-state index is 3.92. The summed E-state index contributed by atoms with van der Waals surface area (Å²) in [5.41, 5.74) is 3.53. The van der Waals surface area contributed by atoms with Gasteiger partial charge in [0.1, 0.15) is 0 Å². The molecule has 0 aliphatic carbocycles. The molecule has 1 heteroatoms. The van der Waals surface area contributed by atoms with E-state index >= 15 is 0 Å². The minimum Gasteiger partial charge on any atom is -0.296 e. The first-order valence-corrected chi connectivity index (χ1v) is 4.35. The van der Waals surface area contributed by atoms with E-state index in [9.17, 15) is 0 Å². The van der Waals surface area contributed by atoms with E-state index < -0.39 is 0 Å². The van der Waals surface area contributed by atoms with Crippen LogP contribution < -0.4 is 0 Å². The second-order valence-corrected chi connectivity index (χ2v) is 2.48. The maximum Gasteiger partial charge on any atom is 0.0277 e. The monoisotopic (exact) mass is 167 g/mol. The van der Waals surface area contributed by atoms with Crippen molar-refractivity contribution in [2.45, 2.75) is 34.6 Å². The lowest BCUT2D eigenvalue weighted by atomic mass is 10.1. The van der Waals surface area contributed by atoms with E-state index in [4.69, 9.17) is 0 Å². The summed E-state index contributed by atoms with van der Waals surface area (Å²) < 4.78 is 0. The molecule has 0 radical (unpaired) electrons. The number of aliphatic imine (C=N–C) groups is 1. The minimum absolute atomic E-state index is 1.11. The van der Waals surface area contributed by atoms with Crippen molar-refractivity contribution in [1.29, 1.82) is 0 Å². The van der Waals surface area contributed by atoms with E-state index in [-0.39, 0.29) is 0 Å². The molecule has 0 N–H and O–H groups in total. The number of hydrogen-bond acceptors (Lipinski definition) is 1. The standard InChI is InChI=1S/C9H15N.C2H6/c1-7(2)9(4)8(3)6-10-5;1-2/h6H,1H2,2-5H3;1-2H3/b9-8-,10-6?;. The normalized spacial score (nSPS) is 11.8. The van der Waals surface area contributed by atoms with Crippen molar-refractivity contribution in [1.82, 2.24) is 0 Å². The Balaban J connectivity index is 0. The Morgan fingerprint density at radius 1 is 1.17 bits per heavy atom. The van der Waals surface area contributed by atoms with Gasteiger partial charge in [-0.15, -0.1) is 0 Å². The second kappa shape index (κ2) is 8.25. The molecular weight excluding hydrogens is 146 g/mol. The molecule has 0 fully saturated rings. The Morgan fingerprint density at radius 2 is 1.58 bits per heavy atom. The highest BCUT2D eigenvalue weighted by molar-refractivity contribution is 5.79. The summed E-state index contributed by atoms with van der Waals surface area (Å²) in [6.45, 7) is 13.9. The van der Waals surface area contributed by atoms with Crippen molar-refractivity contribution < 1.29 is 0 Å². The Labute approximate surface area is 76.9 Å². The first kappa shape index (κ1) is 13.7. The van der Waals surface area contributed by atoms with Gasteiger partial charge in [0, 0.05) is 13.3 Å². The van der Waals surface area contributed by atoms with Crippen molar-refractivity contribution in [2.24, 2.45) is 4.99 Å². The Kier molecular flexibility index (Phi) is 9.43. The van der Waals surface area contributed by atoms with Gasteiger partial charge in [-0.2, -0.15) is 0 Å². The lowest BCUT2D eigenvalue weighted by Crippen LogP contribution is -1.85. The van der Waals surface area contributed by atoms with Crippen molar-refractivity contribution in [3.63, 3.8) is 0 Å². The van der Waals surface area contributed by atoms with Crippen LogP contribution in [0.15, 0.2) is 28.3 Å². The highest BCUT2D eigenvalue weighted by Crippen LogP contribution is 2.09. The number of hydrogen-bond donors (Lipinski definition) is 0. The van der Waals surface area contributed by atoms with Crippen molar-refractivity contribution in [3.05, 3.63) is 23.3 Å². The molecule has 0 aliphatic heterocycles. The summed E-state index contributed by atoms with van der Waals surface area (Å²) in [7, 11) is 1.77. The Bertz CT molecular complexity index is 185. The fraction of sp³-hybridized carbons (Fsp3) is 0.545. The lowest BCUT2D eigenvalue weighted by molar-refractivity contribution is 1.30. The number of allylic oxidation sites excluding steroid dienone is 3. The molecule has 1 nitrogen and oxygen atoms in total. The highest BCUT2D eigenvalue weighted by Gasteiger charge is 1.92. The smallest absolute Gasteiger partial charge is 0.0277 e. The molecule has 0 aliphatic rings. The molecule has 70 valence electrons. The van der Waals surface area contributed by atoms with Gasteiger partial charge in [-0.25, -0.2) is 0 Å². The molecule has 12 heavy (non-hydrogen) atoms. The van der Waals surface area contributed by atoms with Crippen LogP contribution in [0.1, 0.15) is 34.6 Å². The van der Waals surface area contributed by atoms with E-state index in [1.165, 1.54) is 11.1 Å². The van der Waals surface area contributed by atoms with Crippen LogP contribution in [0.25, 0.3) is 0 Å². The lowest BCUT2D eigenvalue weighted by Gasteiger charge is -2.00. The molecule has 0 spiro atoms. The van der Waals surface area contributed by atoms with Gasteiger partial charge in [0.15, 0.2) is 0 Å². The highest BCUT2D eigenvalue weighted by atomic mass is 14.6. The van der Waals surface area contributed by atoms with Gasteiger partial charge in [-0.1, -0.05) is 26.0 Å². The molecule has 0 heterocycles. The van der Waals surface area contributed by atoms with Crippen LogP contribution in [0, 0.1) is 0 Å². The van der Waals surface area contributed by atoms with Gasteiger partial charge in [0.05, 0.1) is 0 Å².